The average molecular weight is 340 g/mol. The summed E-state index contributed by atoms with van der Waals surface area (Å²) in [5.74, 6) is 0.361. The number of amides is 1. The summed E-state index contributed by atoms with van der Waals surface area (Å²) in [7, 11) is 0. The molecule has 26 heavy (non-hydrogen) atoms. The second kappa shape index (κ2) is 7.07. The summed E-state index contributed by atoms with van der Waals surface area (Å²) >= 11 is 0. The van der Waals surface area contributed by atoms with Gasteiger partial charge in [0.15, 0.2) is 0 Å². The van der Waals surface area contributed by atoms with Crippen LogP contribution in [0.15, 0.2) is 95.6 Å². The van der Waals surface area contributed by atoms with Crippen LogP contribution < -0.4 is 5.32 Å². The third-order valence-corrected chi connectivity index (χ3v) is 3.98. The van der Waals surface area contributed by atoms with Crippen molar-refractivity contribution in [3.63, 3.8) is 0 Å². The number of carbonyl (C=O) groups is 1. The number of rotatable bonds is 4. The van der Waals surface area contributed by atoms with Gasteiger partial charge in [0, 0.05) is 22.4 Å². The van der Waals surface area contributed by atoms with Gasteiger partial charge in [0.2, 0.25) is 5.89 Å². The van der Waals surface area contributed by atoms with Crippen LogP contribution in [0.3, 0.4) is 0 Å². The zero-order valence-electron chi connectivity index (χ0n) is 13.9. The van der Waals surface area contributed by atoms with E-state index in [2.05, 4.69) is 10.3 Å². The maximum Gasteiger partial charge on any atom is 0.255 e. The van der Waals surface area contributed by atoms with Gasteiger partial charge in [-0.1, -0.05) is 54.6 Å². The second-order valence-corrected chi connectivity index (χ2v) is 5.80. The van der Waals surface area contributed by atoms with Crippen LogP contribution in [-0.4, -0.2) is 10.9 Å². The zero-order chi connectivity index (χ0) is 17.8. The van der Waals surface area contributed by atoms with Crippen LogP contribution in [0.1, 0.15) is 10.4 Å². The summed E-state index contributed by atoms with van der Waals surface area (Å²) < 4.78 is 5.63. The lowest BCUT2D eigenvalue weighted by atomic mass is 10.1. The van der Waals surface area contributed by atoms with E-state index >= 15 is 0 Å². The average Bonchev–Trinajstić information content (AvgIpc) is 3.20. The standard InChI is InChI=1S/C22H16N2O2/c25-21(17-10-5-2-6-11-17)23-19-13-7-12-18(14-19)22-24-20(15-26-22)16-8-3-1-4-9-16/h1-15H,(H,23,25). The number of benzene rings is 3. The minimum atomic E-state index is -0.153. The van der Waals surface area contributed by atoms with Crippen molar-refractivity contribution in [2.24, 2.45) is 0 Å². The molecular weight excluding hydrogens is 324 g/mol. The van der Waals surface area contributed by atoms with E-state index in [0.29, 0.717) is 17.1 Å². The Bertz CT molecular complexity index is 1020. The van der Waals surface area contributed by atoms with Gasteiger partial charge in [-0.05, 0) is 30.3 Å². The molecule has 1 amide bonds. The second-order valence-electron chi connectivity index (χ2n) is 5.80. The van der Waals surface area contributed by atoms with E-state index in [4.69, 9.17) is 4.42 Å². The number of nitrogens with zero attached hydrogens (tertiary/aromatic N) is 1. The van der Waals surface area contributed by atoms with E-state index in [-0.39, 0.29) is 5.91 Å². The number of hydrogen-bond acceptors (Lipinski definition) is 3. The first kappa shape index (κ1) is 15.8. The molecule has 0 radical (unpaired) electrons. The molecule has 0 aliphatic heterocycles. The number of carbonyl (C=O) groups excluding carboxylic acids is 1. The predicted octanol–water partition coefficient (Wildman–Crippen LogP) is 5.26. The number of aromatic nitrogens is 1. The Morgan fingerprint density at radius 3 is 2.27 bits per heavy atom. The Hall–Kier alpha value is -3.66. The molecule has 0 saturated carbocycles. The molecule has 4 nitrogen and oxygen atoms in total. The monoisotopic (exact) mass is 340 g/mol. The third kappa shape index (κ3) is 3.39. The minimum Gasteiger partial charge on any atom is -0.444 e. The maximum atomic E-state index is 12.3. The smallest absolute Gasteiger partial charge is 0.255 e. The molecule has 126 valence electrons. The minimum absolute atomic E-state index is 0.153. The number of anilines is 1. The molecule has 0 aliphatic carbocycles. The molecule has 0 unspecified atom stereocenters. The molecule has 1 aromatic heterocycles. The Kier molecular flexibility index (Phi) is 4.31. The van der Waals surface area contributed by atoms with Crippen molar-refractivity contribution in [3.05, 3.63) is 96.8 Å². The highest BCUT2D eigenvalue weighted by Gasteiger charge is 2.10. The SMILES string of the molecule is O=C(Nc1cccc(-c2nc(-c3ccccc3)co2)c1)c1ccccc1. The maximum absolute atomic E-state index is 12.3. The first-order valence-electron chi connectivity index (χ1n) is 8.27. The van der Waals surface area contributed by atoms with Gasteiger partial charge in [0.1, 0.15) is 12.0 Å². The van der Waals surface area contributed by atoms with Gasteiger partial charge in [-0.25, -0.2) is 4.98 Å². The van der Waals surface area contributed by atoms with E-state index in [0.717, 1.165) is 16.8 Å². The van der Waals surface area contributed by atoms with Crippen LogP contribution in [0, 0.1) is 0 Å². The van der Waals surface area contributed by atoms with E-state index < -0.39 is 0 Å². The lowest BCUT2D eigenvalue weighted by Crippen LogP contribution is -2.11. The molecule has 4 rings (SSSR count). The van der Waals surface area contributed by atoms with Crippen molar-refractivity contribution >= 4 is 11.6 Å². The molecule has 1 heterocycles. The fourth-order valence-electron chi connectivity index (χ4n) is 2.67. The number of nitrogens with one attached hydrogen (secondary N) is 1. The molecule has 0 saturated heterocycles. The summed E-state index contributed by atoms with van der Waals surface area (Å²) in [6.07, 6.45) is 1.64. The molecule has 0 spiro atoms. The van der Waals surface area contributed by atoms with Crippen molar-refractivity contribution in [2.75, 3.05) is 5.32 Å². The van der Waals surface area contributed by atoms with Gasteiger partial charge in [-0.15, -0.1) is 0 Å². The van der Waals surface area contributed by atoms with Crippen molar-refractivity contribution in [1.29, 1.82) is 0 Å². The van der Waals surface area contributed by atoms with Gasteiger partial charge >= 0.3 is 0 Å². The molecule has 0 fully saturated rings. The molecule has 0 atom stereocenters. The van der Waals surface area contributed by atoms with Gasteiger partial charge in [0.25, 0.3) is 5.91 Å². The van der Waals surface area contributed by atoms with Crippen LogP contribution in [0.25, 0.3) is 22.7 Å². The van der Waals surface area contributed by atoms with Crippen LogP contribution in [0.5, 0.6) is 0 Å². The van der Waals surface area contributed by atoms with Gasteiger partial charge in [0.05, 0.1) is 0 Å². The van der Waals surface area contributed by atoms with Crippen molar-refractivity contribution in [2.45, 2.75) is 0 Å². The van der Waals surface area contributed by atoms with Gasteiger partial charge < -0.3 is 9.73 Å². The summed E-state index contributed by atoms with van der Waals surface area (Å²) in [4.78, 5) is 16.9. The quantitative estimate of drug-likeness (QED) is 0.551. The first-order chi connectivity index (χ1) is 12.8. The van der Waals surface area contributed by atoms with Gasteiger partial charge in [-0.2, -0.15) is 0 Å². The van der Waals surface area contributed by atoms with E-state index in [1.165, 1.54) is 0 Å². The van der Waals surface area contributed by atoms with E-state index in [1.54, 1.807) is 18.4 Å². The lowest BCUT2D eigenvalue weighted by Gasteiger charge is -2.06. The van der Waals surface area contributed by atoms with Crippen molar-refractivity contribution < 1.29 is 9.21 Å². The molecule has 4 aromatic rings. The third-order valence-electron chi connectivity index (χ3n) is 3.98. The summed E-state index contributed by atoms with van der Waals surface area (Å²) in [6, 6.07) is 26.4. The largest absolute Gasteiger partial charge is 0.444 e. The molecule has 0 bridgehead atoms. The lowest BCUT2D eigenvalue weighted by molar-refractivity contribution is 0.102. The van der Waals surface area contributed by atoms with Crippen LogP contribution in [0.4, 0.5) is 5.69 Å². The van der Waals surface area contributed by atoms with Crippen LogP contribution in [0.2, 0.25) is 0 Å². The fourth-order valence-corrected chi connectivity index (χ4v) is 2.67. The highest BCUT2D eigenvalue weighted by atomic mass is 16.3. The Morgan fingerprint density at radius 2 is 1.50 bits per heavy atom. The van der Waals surface area contributed by atoms with Gasteiger partial charge in [-0.3, -0.25) is 4.79 Å². The topological polar surface area (TPSA) is 55.1 Å². The summed E-state index contributed by atoms with van der Waals surface area (Å²) in [5, 5.41) is 2.90. The Labute approximate surface area is 151 Å². The Morgan fingerprint density at radius 1 is 0.808 bits per heavy atom. The highest BCUT2D eigenvalue weighted by molar-refractivity contribution is 6.04. The van der Waals surface area contributed by atoms with E-state index in [1.807, 2.05) is 72.8 Å². The molecule has 3 aromatic carbocycles. The van der Waals surface area contributed by atoms with E-state index in [9.17, 15) is 4.79 Å². The summed E-state index contributed by atoms with van der Waals surface area (Å²) in [6.45, 7) is 0. The normalized spacial score (nSPS) is 10.5. The van der Waals surface area contributed by atoms with Crippen LogP contribution >= 0.6 is 0 Å². The van der Waals surface area contributed by atoms with Crippen LogP contribution in [-0.2, 0) is 0 Å². The summed E-state index contributed by atoms with van der Waals surface area (Å²) in [5.41, 5.74) is 3.88. The highest BCUT2D eigenvalue weighted by Crippen LogP contribution is 2.26. The van der Waals surface area contributed by atoms with Crippen molar-refractivity contribution in [1.82, 2.24) is 4.98 Å². The first-order valence-corrected chi connectivity index (χ1v) is 8.27. The number of oxazole rings is 1. The molecule has 1 N–H and O–H groups in total. The fraction of sp³-hybridized carbons (Fsp3) is 0. The molecule has 4 heteroatoms. The zero-order valence-corrected chi connectivity index (χ0v) is 13.9. The number of hydrogen-bond donors (Lipinski definition) is 1. The Balaban J connectivity index is 1.57. The molecule has 0 aliphatic rings. The predicted molar refractivity (Wildman–Crippen MR) is 102 cm³/mol. The molecular formula is C22H16N2O2. The van der Waals surface area contributed by atoms with Crippen molar-refractivity contribution in [3.8, 4) is 22.7 Å².